The fourth-order valence-electron chi connectivity index (χ4n) is 2.65. The van der Waals surface area contributed by atoms with Crippen LogP contribution in [0.1, 0.15) is 11.1 Å². The fourth-order valence-corrected chi connectivity index (χ4v) is 2.65. The molecule has 1 saturated heterocycles. The van der Waals surface area contributed by atoms with Crippen LogP contribution in [0.25, 0.3) is 0 Å². The molecule has 1 aliphatic heterocycles. The largest absolute Gasteiger partial charge is 0.447 e. The molecule has 4 heteroatoms. The minimum absolute atomic E-state index is 0.284. The van der Waals surface area contributed by atoms with E-state index in [-0.39, 0.29) is 6.61 Å². The topological polar surface area (TPSA) is 47.6 Å². The van der Waals surface area contributed by atoms with Gasteiger partial charge >= 0.3 is 6.09 Å². The molecule has 4 nitrogen and oxygen atoms in total. The van der Waals surface area contributed by atoms with Gasteiger partial charge in [0.1, 0.15) is 12.1 Å². The van der Waals surface area contributed by atoms with E-state index in [9.17, 15) is 4.79 Å². The maximum atomic E-state index is 11.5. The van der Waals surface area contributed by atoms with Gasteiger partial charge in [-0.05, 0) is 17.5 Å². The van der Waals surface area contributed by atoms with Crippen LogP contribution in [-0.4, -0.2) is 24.8 Å². The second-order valence-corrected chi connectivity index (χ2v) is 5.93. The number of amides is 1. The fraction of sp³-hybridized carbons (Fsp3) is 0.250. The monoisotopic (exact) mass is 323 g/mol. The highest BCUT2D eigenvalue weighted by Gasteiger charge is 2.37. The van der Waals surface area contributed by atoms with Crippen LogP contribution in [0.2, 0.25) is 0 Å². The van der Waals surface area contributed by atoms with E-state index in [1.165, 1.54) is 5.56 Å². The van der Waals surface area contributed by atoms with E-state index in [4.69, 9.17) is 9.47 Å². The SMILES string of the molecule is O=C1N[C@@](/C=C/Cc2ccccc2)(COCc2ccccc2)CO1. The smallest absolute Gasteiger partial charge is 0.408 e. The van der Waals surface area contributed by atoms with Gasteiger partial charge < -0.3 is 14.8 Å². The number of allylic oxidation sites excluding steroid dienone is 1. The normalized spacial score (nSPS) is 20.1. The predicted molar refractivity (Wildman–Crippen MR) is 92.6 cm³/mol. The molecule has 3 rings (SSSR count). The molecule has 1 atom stereocenters. The molecule has 0 aromatic heterocycles. The zero-order valence-corrected chi connectivity index (χ0v) is 13.5. The average molecular weight is 323 g/mol. The summed E-state index contributed by atoms with van der Waals surface area (Å²) in [6.07, 6.45) is 4.44. The quantitative estimate of drug-likeness (QED) is 0.794. The van der Waals surface area contributed by atoms with Crippen molar-refractivity contribution in [2.75, 3.05) is 13.2 Å². The van der Waals surface area contributed by atoms with Crippen molar-refractivity contribution in [1.82, 2.24) is 5.32 Å². The van der Waals surface area contributed by atoms with Crippen LogP contribution in [0.5, 0.6) is 0 Å². The van der Waals surface area contributed by atoms with Crippen LogP contribution in [-0.2, 0) is 22.5 Å². The first-order valence-corrected chi connectivity index (χ1v) is 8.04. The van der Waals surface area contributed by atoms with Crippen LogP contribution in [0, 0.1) is 0 Å². The van der Waals surface area contributed by atoms with Crippen molar-refractivity contribution < 1.29 is 14.3 Å². The Bertz CT molecular complexity index is 685. The van der Waals surface area contributed by atoms with Crippen molar-refractivity contribution >= 4 is 6.09 Å². The van der Waals surface area contributed by atoms with Crippen molar-refractivity contribution in [2.45, 2.75) is 18.6 Å². The average Bonchev–Trinajstić information content (AvgIpc) is 2.98. The zero-order valence-electron chi connectivity index (χ0n) is 13.5. The summed E-state index contributed by atoms with van der Waals surface area (Å²) in [5, 5.41) is 2.87. The van der Waals surface area contributed by atoms with Crippen molar-refractivity contribution in [3.63, 3.8) is 0 Å². The van der Waals surface area contributed by atoms with Gasteiger partial charge in [0.25, 0.3) is 0 Å². The summed E-state index contributed by atoms with van der Waals surface area (Å²) in [5.74, 6) is 0. The van der Waals surface area contributed by atoms with E-state index in [1.54, 1.807) is 0 Å². The van der Waals surface area contributed by atoms with Crippen LogP contribution >= 0.6 is 0 Å². The molecule has 1 fully saturated rings. The van der Waals surface area contributed by atoms with E-state index in [0.29, 0.717) is 13.2 Å². The van der Waals surface area contributed by atoms with Crippen LogP contribution < -0.4 is 5.32 Å². The van der Waals surface area contributed by atoms with Gasteiger partial charge in [0.2, 0.25) is 0 Å². The van der Waals surface area contributed by atoms with Gasteiger partial charge in [-0.2, -0.15) is 0 Å². The number of rotatable bonds is 7. The second kappa shape index (κ2) is 7.79. The highest BCUT2D eigenvalue weighted by molar-refractivity contribution is 5.71. The van der Waals surface area contributed by atoms with E-state index in [1.807, 2.05) is 54.6 Å². The number of nitrogens with one attached hydrogen (secondary N) is 1. The Morgan fingerprint density at radius 3 is 2.33 bits per heavy atom. The Morgan fingerprint density at radius 2 is 1.71 bits per heavy atom. The van der Waals surface area contributed by atoms with E-state index in [0.717, 1.165) is 12.0 Å². The van der Waals surface area contributed by atoms with Crippen molar-refractivity contribution in [3.8, 4) is 0 Å². The molecule has 0 unspecified atom stereocenters. The van der Waals surface area contributed by atoms with Gasteiger partial charge in [0.05, 0.1) is 13.2 Å². The van der Waals surface area contributed by atoms with Crippen LogP contribution in [0.15, 0.2) is 72.8 Å². The zero-order chi connectivity index (χ0) is 16.7. The summed E-state index contributed by atoms with van der Waals surface area (Å²) in [4.78, 5) is 11.5. The molecule has 1 aliphatic rings. The Balaban J connectivity index is 1.59. The molecule has 2 aromatic rings. The minimum atomic E-state index is -0.597. The van der Waals surface area contributed by atoms with Gasteiger partial charge in [-0.1, -0.05) is 72.8 Å². The Hall–Kier alpha value is -2.59. The molecule has 1 amide bonds. The first-order chi connectivity index (χ1) is 11.8. The van der Waals surface area contributed by atoms with E-state index >= 15 is 0 Å². The molecule has 1 heterocycles. The van der Waals surface area contributed by atoms with Crippen molar-refractivity contribution in [1.29, 1.82) is 0 Å². The van der Waals surface area contributed by atoms with Crippen molar-refractivity contribution in [3.05, 3.63) is 83.9 Å². The molecule has 0 bridgehead atoms. The third-order valence-corrected chi connectivity index (χ3v) is 3.92. The first-order valence-electron chi connectivity index (χ1n) is 8.04. The Morgan fingerprint density at radius 1 is 1.04 bits per heavy atom. The molecule has 0 radical (unpaired) electrons. The lowest BCUT2D eigenvalue weighted by Crippen LogP contribution is -2.45. The van der Waals surface area contributed by atoms with E-state index < -0.39 is 11.6 Å². The van der Waals surface area contributed by atoms with Crippen molar-refractivity contribution in [2.24, 2.45) is 0 Å². The molecular formula is C20H21NO3. The molecule has 0 spiro atoms. The first kappa shape index (κ1) is 16.3. The number of hydrogen-bond donors (Lipinski definition) is 1. The number of benzene rings is 2. The number of carbonyl (C=O) groups is 1. The second-order valence-electron chi connectivity index (χ2n) is 5.93. The number of alkyl carbamates (subject to hydrolysis) is 1. The van der Waals surface area contributed by atoms with E-state index in [2.05, 4.69) is 23.5 Å². The molecule has 2 aromatic carbocycles. The van der Waals surface area contributed by atoms with Gasteiger partial charge in [-0.25, -0.2) is 4.79 Å². The van der Waals surface area contributed by atoms with Gasteiger partial charge in [0.15, 0.2) is 0 Å². The minimum Gasteiger partial charge on any atom is -0.447 e. The molecule has 0 aliphatic carbocycles. The number of ether oxygens (including phenoxy) is 2. The van der Waals surface area contributed by atoms with Gasteiger partial charge in [-0.3, -0.25) is 0 Å². The molecule has 24 heavy (non-hydrogen) atoms. The summed E-state index contributed by atoms with van der Waals surface area (Å²) in [6.45, 7) is 1.16. The third-order valence-electron chi connectivity index (χ3n) is 3.92. The lowest BCUT2D eigenvalue weighted by Gasteiger charge is -2.22. The van der Waals surface area contributed by atoms with Gasteiger partial charge in [0, 0.05) is 0 Å². The summed E-state index contributed by atoms with van der Waals surface area (Å²) < 4.78 is 10.9. The summed E-state index contributed by atoms with van der Waals surface area (Å²) >= 11 is 0. The summed E-state index contributed by atoms with van der Waals surface area (Å²) in [5.41, 5.74) is 1.73. The highest BCUT2D eigenvalue weighted by atomic mass is 16.6. The molecule has 1 N–H and O–H groups in total. The maximum Gasteiger partial charge on any atom is 0.408 e. The van der Waals surface area contributed by atoms with Gasteiger partial charge in [-0.15, -0.1) is 0 Å². The van der Waals surface area contributed by atoms with Crippen LogP contribution in [0.3, 0.4) is 0 Å². The standard InChI is InChI=1S/C20H21NO3/c22-19-21-20(16-24-19,13-7-12-17-8-3-1-4-9-17)15-23-14-18-10-5-2-6-11-18/h1-11,13H,12,14-16H2,(H,21,22)/b13-7+/t20-/m0/s1. The number of carbonyl (C=O) groups excluding carboxylic acids is 1. The summed E-state index contributed by atoms with van der Waals surface area (Å²) in [7, 11) is 0. The molecular weight excluding hydrogens is 302 g/mol. The highest BCUT2D eigenvalue weighted by Crippen LogP contribution is 2.17. The third kappa shape index (κ3) is 4.46. The molecule has 0 saturated carbocycles. The Kier molecular flexibility index (Phi) is 5.29. The maximum absolute atomic E-state index is 11.5. The lowest BCUT2D eigenvalue weighted by molar-refractivity contribution is 0.0760. The predicted octanol–water partition coefficient (Wildman–Crippen LogP) is 3.48. The summed E-state index contributed by atoms with van der Waals surface area (Å²) in [6, 6.07) is 20.1. The molecule has 124 valence electrons. The lowest BCUT2D eigenvalue weighted by atomic mass is 10.0. The number of cyclic esters (lactones) is 1. The van der Waals surface area contributed by atoms with Crippen LogP contribution in [0.4, 0.5) is 4.79 Å². The Labute approximate surface area is 142 Å². The number of hydrogen-bond acceptors (Lipinski definition) is 3.